The van der Waals surface area contributed by atoms with Crippen molar-refractivity contribution in [2.45, 2.75) is 19.8 Å². The summed E-state index contributed by atoms with van der Waals surface area (Å²) in [6.07, 6.45) is 2.14. The van der Waals surface area contributed by atoms with Crippen molar-refractivity contribution in [1.29, 1.82) is 0 Å². The van der Waals surface area contributed by atoms with Crippen LogP contribution in [-0.4, -0.2) is 33.5 Å². The zero-order valence-electron chi connectivity index (χ0n) is 15.7. The lowest BCUT2D eigenvalue weighted by atomic mass is 9.95. The molecule has 0 unspecified atom stereocenters. The summed E-state index contributed by atoms with van der Waals surface area (Å²) < 4.78 is 1.92. The topological polar surface area (TPSA) is 76.9 Å². The van der Waals surface area contributed by atoms with Gasteiger partial charge in [-0.15, -0.1) is 0 Å². The van der Waals surface area contributed by atoms with Crippen molar-refractivity contribution in [1.82, 2.24) is 20.1 Å². The van der Waals surface area contributed by atoms with Gasteiger partial charge in [-0.2, -0.15) is 5.10 Å². The van der Waals surface area contributed by atoms with E-state index in [1.807, 2.05) is 6.92 Å². The molecule has 6 nitrogen and oxygen atoms in total. The monoisotopic (exact) mass is 494 g/mol. The highest BCUT2D eigenvalue weighted by molar-refractivity contribution is 9.10. The molecule has 9 heteroatoms. The van der Waals surface area contributed by atoms with E-state index in [4.69, 9.17) is 23.2 Å². The molecule has 1 amide bonds. The van der Waals surface area contributed by atoms with Gasteiger partial charge in [0.15, 0.2) is 11.6 Å². The van der Waals surface area contributed by atoms with Gasteiger partial charge in [0.2, 0.25) is 0 Å². The van der Waals surface area contributed by atoms with Gasteiger partial charge in [-0.25, -0.2) is 9.67 Å². The van der Waals surface area contributed by atoms with Crippen LogP contribution < -0.4 is 5.32 Å². The molecule has 0 aliphatic heterocycles. The number of carbonyl (C=O) groups excluding carboxylic acids is 2. The number of carbonyl (C=O) groups is 2. The summed E-state index contributed by atoms with van der Waals surface area (Å²) in [6, 6.07) is 8.40. The Bertz CT molecular complexity index is 1100. The van der Waals surface area contributed by atoms with E-state index >= 15 is 0 Å². The molecule has 29 heavy (non-hydrogen) atoms. The Hall–Kier alpha value is -2.22. The van der Waals surface area contributed by atoms with E-state index < -0.39 is 0 Å². The van der Waals surface area contributed by atoms with Crippen LogP contribution in [0.4, 0.5) is 0 Å². The van der Waals surface area contributed by atoms with Gasteiger partial charge in [0.1, 0.15) is 10.3 Å². The van der Waals surface area contributed by atoms with Crippen molar-refractivity contribution in [2.75, 3.05) is 7.05 Å². The van der Waals surface area contributed by atoms with Gasteiger partial charge in [0.05, 0.1) is 5.02 Å². The SMILES string of the molecule is CNC(=O)c1cc(Cl)cc(C)c1CCC(=O)c1cc(Br)nn1-c1ncccc1Cl. The number of benzene rings is 1. The van der Waals surface area contributed by atoms with E-state index in [9.17, 15) is 9.59 Å². The number of nitrogens with zero attached hydrogens (tertiary/aromatic N) is 3. The Kier molecular flexibility index (Phi) is 6.72. The summed E-state index contributed by atoms with van der Waals surface area (Å²) in [6.45, 7) is 1.87. The lowest BCUT2D eigenvalue weighted by molar-refractivity contribution is 0.0952. The number of nitrogens with one attached hydrogen (secondary N) is 1. The van der Waals surface area contributed by atoms with Crippen LogP contribution in [0.15, 0.2) is 41.1 Å². The minimum absolute atomic E-state index is 0.151. The first-order chi connectivity index (χ1) is 13.8. The number of hydrogen-bond donors (Lipinski definition) is 1. The number of pyridine rings is 1. The highest BCUT2D eigenvalue weighted by Gasteiger charge is 2.20. The largest absolute Gasteiger partial charge is 0.355 e. The molecule has 3 rings (SSSR count). The van der Waals surface area contributed by atoms with E-state index in [0.717, 1.165) is 11.1 Å². The summed E-state index contributed by atoms with van der Waals surface area (Å²) in [5.41, 5.74) is 2.45. The zero-order valence-corrected chi connectivity index (χ0v) is 18.8. The maximum atomic E-state index is 13.0. The second-order valence-electron chi connectivity index (χ2n) is 6.32. The molecule has 2 aromatic heterocycles. The third kappa shape index (κ3) is 4.69. The summed E-state index contributed by atoms with van der Waals surface area (Å²) in [4.78, 5) is 29.4. The summed E-state index contributed by atoms with van der Waals surface area (Å²) in [7, 11) is 1.56. The van der Waals surface area contributed by atoms with Crippen LogP contribution in [0.25, 0.3) is 5.82 Å². The Morgan fingerprint density at radius 1 is 1.24 bits per heavy atom. The molecule has 150 valence electrons. The quantitative estimate of drug-likeness (QED) is 0.497. The van der Waals surface area contributed by atoms with Crippen LogP contribution in [-0.2, 0) is 6.42 Å². The molecule has 0 atom stereocenters. The van der Waals surface area contributed by atoms with Crippen molar-refractivity contribution < 1.29 is 9.59 Å². The minimum Gasteiger partial charge on any atom is -0.355 e. The van der Waals surface area contributed by atoms with Crippen LogP contribution in [0.2, 0.25) is 10.0 Å². The second-order valence-corrected chi connectivity index (χ2v) is 7.98. The second kappa shape index (κ2) is 9.07. The first-order valence-corrected chi connectivity index (χ1v) is 10.3. The Labute approximate surface area is 186 Å². The predicted molar refractivity (Wildman–Crippen MR) is 116 cm³/mol. The molecule has 0 bridgehead atoms. The molecule has 0 saturated carbocycles. The molecule has 0 fully saturated rings. The standard InChI is InChI=1S/C20H17BrCl2N4O2/c1-11-8-12(22)9-14(20(29)24-2)13(11)5-6-17(28)16-10-18(21)26-27(16)19-15(23)4-3-7-25-19/h3-4,7-10H,5-6H2,1-2H3,(H,24,29). The van der Waals surface area contributed by atoms with Crippen molar-refractivity contribution >= 4 is 50.8 Å². The minimum atomic E-state index is -0.244. The average Bonchev–Trinajstić information content (AvgIpc) is 3.07. The average molecular weight is 496 g/mol. The van der Waals surface area contributed by atoms with Gasteiger partial charge in [0.25, 0.3) is 5.91 Å². The number of halogens is 3. The lowest BCUT2D eigenvalue weighted by Gasteiger charge is -2.13. The van der Waals surface area contributed by atoms with Gasteiger partial charge >= 0.3 is 0 Å². The molecule has 3 aromatic rings. The number of aromatic nitrogens is 3. The number of amides is 1. The first kappa shape index (κ1) is 21.5. The first-order valence-electron chi connectivity index (χ1n) is 8.72. The number of hydrogen-bond acceptors (Lipinski definition) is 4. The number of rotatable bonds is 6. The highest BCUT2D eigenvalue weighted by atomic mass is 79.9. The van der Waals surface area contributed by atoms with Gasteiger partial charge in [0, 0.05) is 36.3 Å². The fourth-order valence-corrected chi connectivity index (χ4v) is 3.90. The Morgan fingerprint density at radius 3 is 2.69 bits per heavy atom. The van der Waals surface area contributed by atoms with Gasteiger partial charge in [-0.3, -0.25) is 9.59 Å². The Balaban J connectivity index is 1.90. The molecule has 0 spiro atoms. The molecule has 1 N–H and O–H groups in total. The van der Waals surface area contributed by atoms with Crippen molar-refractivity contribution in [3.05, 3.63) is 73.6 Å². The number of Topliss-reactive ketones (excluding diaryl/α,β-unsaturated/α-hetero) is 1. The molecule has 0 aliphatic rings. The summed E-state index contributed by atoms with van der Waals surface area (Å²) in [5, 5.41) is 7.76. The van der Waals surface area contributed by atoms with E-state index in [1.54, 1.807) is 43.6 Å². The predicted octanol–water partition coefficient (Wildman–Crippen LogP) is 4.82. The third-order valence-electron chi connectivity index (χ3n) is 4.42. The number of aryl methyl sites for hydroxylation is 1. The normalized spacial score (nSPS) is 10.8. The molecule has 1 aromatic carbocycles. The van der Waals surface area contributed by atoms with Gasteiger partial charge in [-0.05, 0) is 64.7 Å². The van der Waals surface area contributed by atoms with E-state index in [0.29, 0.717) is 38.1 Å². The molecular weight excluding hydrogens is 479 g/mol. The lowest BCUT2D eigenvalue weighted by Crippen LogP contribution is -2.20. The van der Waals surface area contributed by atoms with Crippen molar-refractivity contribution in [2.24, 2.45) is 0 Å². The summed E-state index contributed by atoms with van der Waals surface area (Å²) in [5.74, 6) is -0.0230. The number of ketones is 1. The maximum Gasteiger partial charge on any atom is 0.251 e. The van der Waals surface area contributed by atoms with Gasteiger partial charge < -0.3 is 5.32 Å². The fourth-order valence-electron chi connectivity index (χ4n) is 3.05. The van der Waals surface area contributed by atoms with Crippen LogP contribution in [0.5, 0.6) is 0 Å². The van der Waals surface area contributed by atoms with Crippen molar-refractivity contribution in [3.8, 4) is 5.82 Å². The zero-order chi connectivity index (χ0) is 21.1. The van der Waals surface area contributed by atoms with E-state index in [1.165, 1.54) is 4.68 Å². The molecular formula is C20H17BrCl2N4O2. The smallest absolute Gasteiger partial charge is 0.251 e. The van der Waals surface area contributed by atoms with Crippen LogP contribution in [0.3, 0.4) is 0 Å². The maximum absolute atomic E-state index is 13.0. The Morgan fingerprint density at radius 2 is 2.00 bits per heavy atom. The molecule has 0 saturated heterocycles. The van der Waals surface area contributed by atoms with Crippen LogP contribution in [0, 0.1) is 6.92 Å². The third-order valence-corrected chi connectivity index (χ3v) is 5.32. The fraction of sp³-hybridized carbons (Fsp3) is 0.200. The highest BCUT2D eigenvalue weighted by Crippen LogP contribution is 2.25. The van der Waals surface area contributed by atoms with Crippen molar-refractivity contribution in [3.63, 3.8) is 0 Å². The van der Waals surface area contributed by atoms with Gasteiger partial charge in [-0.1, -0.05) is 23.2 Å². The van der Waals surface area contributed by atoms with E-state index in [-0.39, 0.29) is 18.1 Å². The van der Waals surface area contributed by atoms with Crippen LogP contribution >= 0.6 is 39.1 Å². The summed E-state index contributed by atoms with van der Waals surface area (Å²) >= 11 is 15.6. The molecule has 0 radical (unpaired) electrons. The van der Waals surface area contributed by atoms with E-state index in [2.05, 4.69) is 31.3 Å². The molecule has 0 aliphatic carbocycles. The molecule has 2 heterocycles. The van der Waals surface area contributed by atoms with Crippen LogP contribution in [0.1, 0.15) is 38.4 Å².